The molecule has 2 aliphatic heterocycles. The van der Waals surface area contributed by atoms with Crippen LogP contribution >= 0.6 is 0 Å². The van der Waals surface area contributed by atoms with E-state index in [4.69, 9.17) is 4.74 Å². The van der Waals surface area contributed by atoms with E-state index in [1.165, 1.54) is 19.2 Å². The number of amides is 1. The molecule has 2 aliphatic rings. The van der Waals surface area contributed by atoms with Gasteiger partial charge in [0.15, 0.2) is 11.5 Å². The van der Waals surface area contributed by atoms with Crippen LogP contribution in [0.4, 0.5) is 4.39 Å². The molecule has 0 radical (unpaired) electrons. The fourth-order valence-electron chi connectivity index (χ4n) is 3.12. The number of carbonyl (C=O) groups is 1. The first kappa shape index (κ1) is 13.3. The first-order valence-corrected chi connectivity index (χ1v) is 6.94. The maximum Gasteiger partial charge on any atom is 0.276 e. The Labute approximate surface area is 117 Å². The molecule has 1 aromatic heterocycles. The van der Waals surface area contributed by atoms with Crippen LogP contribution in [0.1, 0.15) is 29.8 Å². The zero-order valence-electron chi connectivity index (χ0n) is 11.4. The molecule has 108 valence electrons. The van der Waals surface area contributed by atoms with Gasteiger partial charge < -0.3 is 15.0 Å². The predicted molar refractivity (Wildman–Crippen MR) is 71.2 cm³/mol. The van der Waals surface area contributed by atoms with Crippen molar-refractivity contribution in [3.05, 3.63) is 23.6 Å². The number of ether oxygens (including phenoxy) is 1. The average molecular weight is 279 g/mol. The van der Waals surface area contributed by atoms with Gasteiger partial charge in [0.2, 0.25) is 5.88 Å². The summed E-state index contributed by atoms with van der Waals surface area (Å²) in [6.45, 7) is 1.67. The summed E-state index contributed by atoms with van der Waals surface area (Å²) in [5, 5.41) is 3.32. The number of methoxy groups -OCH3 is 1. The highest BCUT2D eigenvalue weighted by molar-refractivity contribution is 5.93. The van der Waals surface area contributed by atoms with Crippen LogP contribution in [0.2, 0.25) is 0 Å². The van der Waals surface area contributed by atoms with E-state index < -0.39 is 5.82 Å². The van der Waals surface area contributed by atoms with Crippen LogP contribution in [0, 0.1) is 5.82 Å². The monoisotopic (exact) mass is 279 g/mol. The Kier molecular flexibility index (Phi) is 3.56. The minimum atomic E-state index is -0.590. The second-order valence-electron chi connectivity index (χ2n) is 5.27. The maximum atomic E-state index is 13.9. The zero-order chi connectivity index (χ0) is 14.1. The van der Waals surface area contributed by atoms with E-state index in [0.29, 0.717) is 0 Å². The summed E-state index contributed by atoms with van der Waals surface area (Å²) in [5.74, 6) is -0.653. The lowest BCUT2D eigenvalue weighted by molar-refractivity contribution is 0.0667. The summed E-state index contributed by atoms with van der Waals surface area (Å²) in [4.78, 5) is 18.4. The van der Waals surface area contributed by atoms with Gasteiger partial charge in [0.1, 0.15) is 0 Å². The molecule has 2 unspecified atom stereocenters. The summed E-state index contributed by atoms with van der Waals surface area (Å²) in [7, 11) is 1.45. The third kappa shape index (κ3) is 2.24. The van der Waals surface area contributed by atoms with Crippen molar-refractivity contribution >= 4 is 5.91 Å². The Morgan fingerprint density at radius 3 is 3.00 bits per heavy atom. The number of carbonyl (C=O) groups excluding carboxylic acids is 1. The minimum absolute atomic E-state index is 0.136. The lowest BCUT2D eigenvalue weighted by Gasteiger charge is -2.27. The lowest BCUT2D eigenvalue weighted by Crippen LogP contribution is -2.43. The quantitative estimate of drug-likeness (QED) is 0.883. The second-order valence-corrected chi connectivity index (χ2v) is 5.27. The van der Waals surface area contributed by atoms with E-state index in [-0.39, 0.29) is 29.6 Å². The van der Waals surface area contributed by atoms with Crippen molar-refractivity contribution in [3.8, 4) is 5.88 Å². The van der Waals surface area contributed by atoms with Crippen molar-refractivity contribution in [2.24, 2.45) is 0 Å². The molecule has 6 heteroatoms. The minimum Gasteiger partial charge on any atom is -0.481 e. The molecule has 2 fully saturated rings. The Bertz CT molecular complexity index is 509. The van der Waals surface area contributed by atoms with E-state index in [9.17, 15) is 9.18 Å². The molecule has 1 N–H and O–H groups in total. The second kappa shape index (κ2) is 5.36. The van der Waals surface area contributed by atoms with Gasteiger partial charge in [-0.25, -0.2) is 9.37 Å². The van der Waals surface area contributed by atoms with Crippen molar-refractivity contribution in [1.29, 1.82) is 0 Å². The summed E-state index contributed by atoms with van der Waals surface area (Å²) in [6.07, 6.45) is 2.87. The highest BCUT2D eigenvalue weighted by Gasteiger charge is 2.39. The van der Waals surface area contributed by atoms with Crippen molar-refractivity contribution in [2.45, 2.75) is 31.3 Å². The summed E-state index contributed by atoms with van der Waals surface area (Å²) in [5.41, 5.74) is -0.136. The molecule has 0 aromatic carbocycles. The van der Waals surface area contributed by atoms with E-state index in [1.54, 1.807) is 0 Å². The molecule has 1 amide bonds. The standard InChI is InChI=1S/C14H18FN3O2/c1-20-12-5-4-11(15)13(17-12)14(19)18-9-2-3-10(18)8-16-7-6-9/h4-5,9-10,16H,2-3,6-8H2,1H3. The fourth-order valence-corrected chi connectivity index (χ4v) is 3.12. The highest BCUT2D eigenvalue weighted by Crippen LogP contribution is 2.30. The number of rotatable bonds is 2. The number of halogens is 1. The van der Waals surface area contributed by atoms with Gasteiger partial charge >= 0.3 is 0 Å². The van der Waals surface area contributed by atoms with Crippen LogP contribution in [-0.2, 0) is 0 Å². The maximum absolute atomic E-state index is 13.9. The molecule has 0 spiro atoms. The van der Waals surface area contributed by atoms with Gasteiger partial charge in [0.25, 0.3) is 5.91 Å². The number of hydrogen-bond acceptors (Lipinski definition) is 4. The van der Waals surface area contributed by atoms with Gasteiger partial charge in [-0.2, -0.15) is 0 Å². The molecule has 1 aromatic rings. The molecule has 2 bridgehead atoms. The molecular weight excluding hydrogens is 261 g/mol. The largest absolute Gasteiger partial charge is 0.481 e. The van der Waals surface area contributed by atoms with Gasteiger partial charge in [-0.15, -0.1) is 0 Å². The number of pyridine rings is 1. The SMILES string of the molecule is COc1ccc(F)c(C(=O)N2C3CCNCC2CC3)n1. The number of nitrogens with zero attached hydrogens (tertiary/aromatic N) is 2. The number of hydrogen-bond donors (Lipinski definition) is 1. The normalized spacial score (nSPS) is 25.4. The van der Waals surface area contributed by atoms with Crippen LogP contribution in [0.15, 0.2) is 12.1 Å². The van der Waals surface area contributed by atoms with E-state index in [2.05, 4.69) is 10.3 Å². The first-order chi connectivity index (χ1) is 9.70. The third-order valence-electron chi connectivity index (χ3n) is 4.12. The van der Waals surface area contributed by atoms with E-state index in [0.717, 1.165) is 32.4 Å². The van der Waals surface area contributed by atoms with Gasteiger partial charge in [-0.05, 0) is 31.9 Å². The van der Waals surface area contributed by atoms with Gasteiger partial charge in [0, 0.05) is 24.7 Å². The smallest absolute Gasteiger partial charge is 0.276 e. The van der Waals surface area contributed by atoms with Crippen LogP contribution < -0.4 is 10.1 Å². The van der Waals surface area contributed by atoms with E-state index in [1.807, 2.05) is 4.90 Å². The molecular formula is C14H18FN3O2. The molecule has 3 heterocycles. The molecule has 3 rings (SSSR count). The fraction of sp³-hybridized carbons (Fsp3) is 0.571. The topological polar surface area (TPSA) is 54.5 Å². The van der Waals surface area contributed by atoms with Crippen molar-refractivity contribution in [2.75, 3.05) is 20.2 Å². The number of nitrogens with one attached hydrogen (secondary N) is 1. The number of fused-ring (bicyclic) bond motifs is 2. The predicted octanol–water partition coefficient (Wildman–Crippen LogP) is 1.20. The molecule has 5 nitrogen and oxygen atoms in total. The molecule has 2 saturated heterocycles. The Morgan fingerprint density at radius 1 is 1.40 bits per heavy atom. The van der Waals surface area contributed by atoms with Gasteiger partial charge in [-0.1, -0.05) is 0 Å². The van der Waals surface area contributed by atoms with Crippen molar-refractivity contribution in [1.82, 2.24) is 15.2 Å². The van der Waals surface area contributed by atoms with Crippen molar-refractivity contribution < 1.29 is 13.9 Å². The Hall–Kier alpha value is -1.69. The van der Waals surface area contributed by atoms with Crippen LogP contribution in [-0.4, -0.2) is 48.1 Å². The lowest BCUT2D eigenvalue weighted by atomic mass is 10.1. The molecule has 0 saturated carbocycles. The van der Waals surface area contributed by atoms with Crippen LogP contribution in [0.25, 0.3) is 0 Å². The average Bonchev–Trinajstić information content (AvgIpc) is 2.72. The van der Waals surface area contributed by atoms with E-state index >= 15 is 0 Å². The summed E-state index contributed by atoms with van der Waals surface area (Å²) < 4.78 is 18.9. The molecule has 20 heavy (non-hydrogen) atoms. The van der Waals surface area contributed by atoms with Gasteiger partial charge in [-0.3, -0.25) is 4.79 Å². The molecule has 0 aliphatic carbocycles. The Balaban J connectivity index is 1.92. The van der Waals surface area contributed by atoms with Crippen molar-refractivity contribution in [3.63, 3.8) is 0 Å². The van der Waals surface area contributed by atoms with Crippen LogP contribution in [0.5, 0.6) is 5.88 Å². The Morgan fingerprint density at radius 2 is 2.20 bits per heavy atom. The van der Waals surface area contributed by atoms with Crippen LogP contribution in [0.3, 0.4) is 0 Å². The summed E-state index contributed by atoms with van der Waals surface area (Å²) in [6, 6.07) is 2.99. The summed E-state index contributed by atoms with van der Waals surface area (Å²) >= 11 is 0. The van der Waals surface area contributed by atoms with Gasteiger partial charge in [0.05, 0.1) is 7.11 Å². The molecule has 2 atom stereocenters. The number of aromatic nitrogens is 1. The third-order valence-corrected chi connectivity index (χ3v) is 4.12. The highest BCUT2D eigenvalue weighted by atomic mass is 19.1. The zero-order valence-corrected chi connectivity index (χ0v) is 11.4. The first-order valence-electron chi connectivity index (χ1n) is 6.94.